The van der Waals surface area contributed by atoms with Gasteiger partial charge in [-0.2, -0.15) is 4.79 Å². The quantitative estimate of drug-likeness (QED) is 0.420. The van der Waals surface area contributed by atoms with Crippen molar-refractivity contribution in [3.05, 3.63) is 35.4 Å². The van der Waals surface area contributed by atoms with Gasteiger partial charge in [-0.1, -0.05) is 12.1 Å². The third-order valence-corrected chi connectivity index (χ3v) is 1.52. The molecule has 0 amide bonds. The van der Waals surface area contributed by atoms with Gasteiger partial charge in [-0.15, -0.1) is 0 Å². The van der Waals surface area contributed by atoms with Gasteiger partial charge in [-0.3, -0.25) is 4.79 Å². The number of aromatic hydroxyl groups is 1. The van der Waals surface area contributed by atoms with Gasteiger partial charge in [0.05, 0.1) is 0 Å². The summed E-state index contributed by atoms with van der Waals surface area (Å²) in [5.41, 5.74) is 8.83. The van der Waals surface area contributed by atoms with E-state index in [0.29, 0.717) is 0 Å². The first-order valence-corrected chi connectivity index (χ1v) is 3.70. The maximum Gasteiger partial charge on any atom is 0.323 e. The van der Waals surface area contributed by atoms with E-state index in [-0.39, 0.29) is 18.0 Å². The molecule has 0 saturated heterocycles. The highest BCUT2D eigenvalue weighted by Crippen LogP contribution is 2.09. The standard InChI is InChI=1S/C9H8N2O2/c10-11-6-9(13)5-7-1-3-8(12)4-2-7/h1-4,6,12H,5H2. The smallest absolute Gasteiger partial charge is 0.323 e. The number of benzene rings is 1. The molecule has 0 atom stereocenters. The summed E-state index contributed by atoms with van der Waals surface area (Å²) in [7, 11) is 0. The molecular weight excluding hydrogens is 168 g/mol. The Morgan fingerprint density at radius 3 is 2.62 bits per heavy atom. The topological polar surface area (TPSA) is 73.7 Å². The second-order valence-corrected chi connectivity index (χ2v) is 2.55. The van der Waals surface area contributed by atoms with Gasteiger partial charge in [0.15, 0.2) is 0 Å². The zero-order valence-corrected chi connectivity index (χ0v) is 6.84. The predicted octanol–water partition coefficient (Wildman–Crippen LogP) is 0.804. The number of ketones is 1. The molecule has 0 aromatic heterocycles. The molecule has 1 aromatic rings. The molecule has 0 saturated carbocycles. The van der Waals surface area contributed by atoms with Crippen molar-refractivity contribution < 1.29 is 14.7 Å². The maximum atomic E-state index is 10.9. The third kappa shape index (κ3) is 2.89. The molecule has 0 bridgehead atoms. The molecule has 0 fully saturated rings. The van der Waals surface area contributed by atoms with Crippen LogP contribution >= 0.6 is 0 Å². The molecular formula is C9H8N2O2. The lowest BCUT2D eigenvalue weighted by molar-refractivity contribution is -0.115. The molecule has 1 aromatic carbocycles. The van der Waals surface area contributed by atoms with E-state index in [1.165, 1.54) is 12.1 Å². The molecule has 0 heterocycles. The Hall–Kier alpha value is -1.93. The second kappa shape index (κ2) is 4.18. The van der Waals surface area contributed by atoms with E-state index in [0.717, 1.165) is 11.8 Å². The van der Waals surface area contributed by atoms with Crippen LogP contribution in [-0.2, 0) is 11.2 Å². The molecule has 66 valence electrons. The fourth-order valence-electron chi connectivity index (χ4n) is 0.925. The van der Waals surface area contributed by atoms with Crippen LogP contribution in [0.25, 0.3) is 5.53 Å². The minimum atomic E-state index is -0.284. The van der Waals surface area contributed by atoms with Crippen molar-refractivity contribution in [1.82, 2.24) is 0 Å². The lowest BCUT2D eigenvalue weighted by atomic mass is 10.1. The summed E-state index contributed by atoms with van der Waals surface area (Å²) in [4.78, 5) is 13.6. The van der Waals surface area contributed by atoms with Crippen molar-refractivity contribution in [3.63, 3.8) is 0 Å². The molecule has 1 N–H and O–H groups in total. The van der Waals surface area contributed by atoms with Crippen molar-refractivity contribution in [2.24, 2.45) is 0 Å². The van der Waals surface area contributed by atoms with Gasteiger partial charge < -0.3 is 10.6 Å². The minimum absolute atomic E-state index is 0.159. The average Bonchev–Trinajstić information content (AvgIpc) is 2.09. The highest BCUT2D eigenvalue weighted by molar-refractivity contribution is 6.25. The minimum Gasteiger partial charge on any atom is -0.508 e. The molecule has 0 unspecified atom stereocenters. The average molecular weight is 176 g/mol. The number of hydrogen-bond acceptors (Lipinski definition) is 2. The SMILES string of the molecule is [N-]=[N+]=CC(=O)Cc1ccc(O)cc1. The van der Waals surface area contributed by atoms with E-state index in [1.807, 2.05) is 0 Å². The van der Waals surface area contributed by atoms with Crippen LogP contribution < -0.4 is 0 Å². The first-order valence-electron chi connectivity index (χ1n) is 3.70. The number of carbonyl (C=O) groups excluding carboxylic acids is 1. The molecule has 4 heteroatoms. The van der Waals surface area contributed by atoms with Gasteiger partial charge in [0.25, 0.3) is 0 Å². The van der Waals surface area contributed by atoms with Crippen molar-refractivity contribution in [3.8, 4) is 5.75 Å². The van der Waals surface area contributed by atoms with E-state index < -0.39 is 0 Å². The van der Waals surface area contributed by atoms with E-state index in [9.17, 15) is 4.79 Å². The van der Waals surface area contributed by atoms with E-state index >= 15 is 0 Å². The Labute approximate surface area is 75.1 Å². The Balaban J connectivity index is 2.69. The second-order valence-electron chi connectivity index (χ2n) is 2.55. The van der Waals surface area contributed by atoms with Gasteiger partial charge in [-0.25, -0.2) is 0 Å². The monoisotopic (exact) mass is 176 g/mol. The van der Waals surface area contributed by atoms with Crippen molar-refractivity contribution in [2.75, 3.05) is 0 Å². The summed E-state index contributed by atoms with van der Waals surface area (Å²) >= 11 is 0. The number of rotatable bonds is 3. The molecule has 0 spiro atoms. The van der Waals surface area contributed by atoms with Crippen LogP contribution in [0, 0.1) is 0 Å². The van der Waals surface area contributed by atoms with Crippen molar-refractivity contribution >= 4 is 12.0 Å². The van der Waals surface area contributed by atoms with Gasteiger partial charge in [0, 0.05) is 6.42 Å². The van der Waals surface area contributed by atoms with Crippen LogP contribution in [0.5, 0.6) is 5.75 Å². The normalized spacial score (nSPS) is 8.92. The van der Waals surface area contributed by atoms with E-state index in [2.05, 4.69) is 4.79 Å². The Morgan fingerprint density at radius 2 is 2.08 bits per heavy atom. The van der Waals surface area contributed by atoms with E-state index in [4.69, 9.17) is 10.6 Å². The summed E-state index contributed by atoms with van der Waals surface area (Å²) in [5.74, 6) is -0.125. The van der Waals surface area contributed by atoms with Crippen LogP contribution in [0.3, 0.4) is 0 Å². The molecule has 0 radical (unpaired) electrons. The fraction of sp³-hybridized carbons (Fsp3) is 0.111. The number of carbonyl (C=O) groups is 1. The summed E-state index contributed by atoms with van der Waals surface area (Å²) in [5, 5.41) is 8.94. The largest absolute Gasteiger partial charge is 0.508 e. The molecule has 13 heavy (non-hydrogen) atoms. The molecule has 0 aliphatic carbocycles. The summed E-state index contributed by atoms with van der Waals surface area (Å²) in [6, 6.07) is 6.27. The highest BCUT2D eigenvalue weighted by Gasteiger charge is 2.03. The summed E-state index contributed by atoms with van der Waals surface area (Å²) in [6.45, 7) is 0. The number of phenols is 1. The Morgan fingerprint density at radius 1 is 1.46 bits per heavy atom. The van der Waals surface area contributed by atoms with Crippen LogP contribution in [-0.4, -0.2) is 21.9 Å². The van der Waals surface area contributed by atoms with Crippen molar-refractivity contribution in [1.29, 1.82) is 0 Å². The van der Waals surface area contributed by atoms with Crippen LogP contribution in [0.2, 0.25) is 0 Å². The third-order valence-electron chi connectivity index (χ3n) is 1.52. The fourth-order valence-corrected chi connectivity index (χ4v) is 0.925. The first-order chi connectivity index (χ1) is 6.22. The van der Waals surface area contributed by atoms with Gasteiger partial charge in [0.1, 0.15) is 5.75 Å². The maximum absolute atomic E-state index is 10.9. The summed E-state index contributed by atoms with van der Waals surface area (Å²) < 4.78 is 0. The predicted molar refractivity (Wildman–Crippen MR) is 46.5 cm³/mol. The highest BCUT2D eigenvalue weighted by atomic mass is 16.3. The molecule has 0 aliphatic rings. The Bertz CT molecular complexity index is 350. The van der Waals surface area contributed by atoms with E-state index in [1.54, 1.807) is 12.1 Å². The lowest BCUT2D eigenvalue weighted by Crippen LogP contribution is -2.03. The Kier molecular flexibility index (Phi) is 2.95. The number of nitrogens with zero attached hydrogens (tertiary/aromatic N) is 2. The van der Waals surface area contributed by atoms with Crippen LogP contribution in [0.1, 0.15) is 5.56 Å². The molecule has 1 rings (SSSR count). The van der Waals surface area contributed by atoms with Gasteiger partial charge >= 0.3 is 6.21 Å². The zero-order valence-electron chi connectivity index (χ0n) is 6.84. The lowest BCUT2D eigenvalue weighted by Gasteiger charge is -1.95. The number of hydrogen-bond donors (Lipinski definition) is 1. The summed E-state index contributed by atoms with van der Waals surface area (Å²) in [6.07, 6.45) is 1.02. The molecule has 0 aliphatic heterocycles. The van der Waals surface area contributed by atoms with Crippen molar-refractivity contribution in [2.45, 2.75) is 6.42 Å². The first kappa shape index (κ1) is 9.16. The van der Waals surface area contributed by atoms with Crippen LogP contribution in [0.15, 0.2) is 24.3 Å². The number of Topliss-reactive ketones (excluding diaryl/α,β-unsaturated/α-hetero) is 1. The zero-order chi connectivity index (χ0) is 9.68. The van der Waals surface area contributed by atoms with Gasteiger partial charge in [-0.05, 0) is 17.7 Å². The molecule has 4 nitrogen and oxygen atoms in total. The number of phenolic OH excluding ortho intramolecular Hbond substituents is 1. The van der Waals surface area contributed by atoms with Gasteiger partial charge in [0.2, 0.25) is 5.78 Å². The van der Waals surface area contributed by atoms with Crippen LogP contribution in [0.4, 0.5) is 0 Å².